The molecule has 18 heavy (non-hydrogen) atoms. The van der Waals surface area contributed by atoms with Gasteiger partial charge in [-0.15, -0.1) is 0 Å². The maximum Gasteiger partial charge on any atom is 0.0536 e. The molecule has 1 aromatic heterocycles. The van der Waals surface area contributed by atoms with Crippen molar-refractivity contribution in [2.45, 2.75) is 44.8 Å². The Morgan fingerprint density at radius 2 is 2.17 bits per heavy atom. The average Bonchev–Trinajstić information content (AvgIpc) is 3.02. The number of hydrogen-bond acceptors (Lipinski definition) is 3. The summed E-state index contributed by atoms with van der Waals surface area (Å²) in [5, 5.41) is 7.99. The van der Waals surface area contributed by atoms with Gasteiger partial charge < -0.3 is 5.32 Å². The molecule has 1 N–H and O–H groups in total. The monoisotopic (exact) mass is 248 g/mol. The topological polar surface area (TPSA) is 33.1 Å². The van der Waals surface area contributed by atoms with Gasteiger partial charge in [-0.2, -0.15) is 5.10 Å². The third-order valence-electron chi connectivity index (χ3n) is 4.20. The van der Waals surface area contributed by atoms with Gasteiger partial charge in [0, 0.05) is 43.6 Å². The zero-order valence-corrected chi connectivity index (χ0v) is 11.5. The maximum absolute atomic E-state index is 4.30. The van der Waals surface area contributed by atoms with Gasteiger partial charge in [0.15, 0.2) is 0 Å². The Bertz CT molecular complexity index is 381. The van der Waals surface area contributed by atoms with E-state index in [2.05, 4.69) is 35.4 Å². The minimum Gasteiger partial charge on any atom is -0.309 e. The normalized spacial score (nSPS) is 28.4. The van der Waals surface area contributed by atoms with Gasteiger partial charge in [-0.1, -0.05) is 0 Å². The van der Waals surface area contributed by atoms with E-state index >= 15 is 0 Å². The lowest BCUT2D eigenvalue weighted by Crippen LogP contribution is -2.62. The predicted molar refractivity (Wildman–Crippen MR) is 72.4 cm³/mol. The number of rotatable bonds is 4. The summed E-state index contributed by atoms with van der Waals surface area (Å²) in [4.78, 5) is 2.68. The Balaban J connectivity index is 1.62. The highest BCUT2D eigenvalue weighted by atomic mass is 15.3. The summed E-state index contributed by atoms with van der Waals surface area (Å²) in [6.45, 7) is 9.03. The summed E-state index contributed by atoms with van der Waals surface area (Å²) in [5.41, 5.74) is 0.246. The third kappa shape index (κ3) is 2.75. The molecule has 1 aliphatic carbocycles. The lowest BCUT2D eigenvalue weighted by Gasteiger charge is -2.45. The van der Waals surface area contributed by atoms with Gasteiger partial charge in [-0.3, -0.25) is 9.58 Å². The van der Waals surface area contributed by atoms with Crippen LogP contribution in [-0.2, 0) is 6.54 Å². The summed E-state index contributed by atoms with van der Waals surface area (Å²) in [6, 6.07) is 2.74. The molecule has 1 aliphatic heterocycles. The fourth-order valence-electron chi connectivity index (χ4n) is 3.05. The highest BCUT2D eigenvalue weighted by Crippen LogP contribution is 2.37. The van der Waals surface area contributed by atoms with Crippen LogP contribution in [0.5, 0.6) is 0 Å². The lowest BCUT2D eigenvalue weighted by molar-refractivity contribution is 0.0784. The molecular weight excluding hydrogens is 224 g/mol. The highest BCUT2D eigenvalue weighted by molar-refractivity contribution is 4.98. The van der Waals surface area contributed by atoms with Crippen molar-refractivity contribution in [2.24, 2.45) is 5.92 Å². The van der Waals surface area contributed by atoms with Crippen LogP contribution >= 0.6 is 0 Å². The molecule has 0 radical (unpaired) electrons. The van der Waals surface area contributed by atoms with Crippen molar-refractivity contribution in [1.29, 1.82) is 0 Å². The number of aromatic nitrogens is 2. The van der Waals surface area contributed by atoms with Crippen LogP contribution in [-0.4, -0.2) is 45.9 Å². The van der Waals surface area contributed by atoms with E-state index < -0.39 is 0 Å². The SMILES string of the molecule is CC1(C)CN(CCn2cccn2)C(C2CC2)CN1. The smallest absolute Gasteiger partial charge is 0.0536 e. The summed E-state index contributed by atoms with van der Waals surface area (Å²) in [6.07, 6.45) is 6.76. The number of nitrogens with one attached hydrogen (secondary N) is 1. The Morgan fingerprint density at radius 1 is 1.33 bits per heavy atom. The first-order chi connectivity index (χ1) is 8.64. The number of nitrogens with zero attached hydrogens (tertiary/aromatic N) is 3. The van der Waals surface area contributed by atoms with E-state index in [-0.39, 0.29) is 5.54 Å². The fraction of sp³-hybridized carbons (Fsp3) is 0.786. The molecule has 1 aromatic rings. The standard InChI is InChI=1S/C14H24N4/c1-14(2)11-17(8-9-18-7-3-6-16-18)13(10-15-14)12-4-5-12/h3,6-7,12-13,15H,4-5,8-11H2,1-2H3. The van der Waals surface area contributed by atoms with Gasteiger partial charge in [0.2, 0.25) is 0 Å². The second kappa shape index (κ2) is 4.67. The molecule has 2 aliphatic rings. The van der Waals surface area contributed by atoms with Crippen molar-refractivity contribution >= 4 is 0 Å². The van der Waals surface area contributed by atoms with Gasteiger partial charge >= 0.3 is 0 Å². The number of piperazine rings is 1. The molecular formula is C14H24N4. The molecule has 4 heteroatoms. The van der Waals surface area contributed by atoms with Gasteiger partial charge in [0.1, 0.15) is 0 Å². The van der Waals surface area contributed by atoms with Gasteiger partial charge in [0.05, 0.1) is 6.54 Å². The fourth-order valence-corrected chi connectivity index (χ4v) is 3.05. The largest absolute Gasteiger partial charge is 0.309 e. The van der Waals surface area contributed by atoms with Crippen LogP contribution < -0.4 is 5.32 Å². The Hall–Kier alpha value is -0.870. The Kier molecular flexibility index (Phi) is 3.16. The molecule has 4 nitrogen and oxygen atoms in total. The van der Waals surface area contributed by atoms with Crippen LogP contribution in [0.2, 0.25) is 0 Å². The first kappa shape index (κ1) is 12.2. The second-order valence-electron chi connectivity index (χ2n) is 6.41. The van der Waals surface area contributed by atoms with Crippen LogP contribution in [0.3, 0.4) is 0 Å². The highest BCUT2D eigenvalue weighted by Gasteiger charge is 2.40. The van der Waals surface area contributed by atoms with E-state index in [1.165, 1.54) is 12.8 Å². The van der Waals surface area contributed by atoms with Crippen molar-refractivity contribution in [3.63, 3.8) is 0 Å². The van der Waals surface area contributed by atoms with Gasteiger partial charge in [-0.25, -0.2) is 0 Å². The summed E-state index contributed by atoms with van der Waals surface area (Å²) in [5.74, 6) is 0.936. The Labute approximate surface area is 109 Å². The molecule has 0 aromatic carbocycles. The zero-order valence-electron chi connectivity index (χ0n) is 11.5. The minimum absolute atomic E-state index is 0.246. The molecule has 0 bridgehead atoms. The van der Waals surface area contributed by atoms with Crippen LogP contribution in [0.1, 0.15) is 26.7 Å². The van der Waals surface area contributed by atoms with Crippen LogP contribution in [0, 0.1) is 5.92 Å². The van der Waals surface area contributed by atoms with E-state index in [4.69, 9.17) is 0 Å². The lowest BCUT2D eigenvalue weighted by atomic mass is 9.96. The van der Waals surface area contributed by atoms with E-state index in [9.17, 15) is 0 Å². The van der Waals surface area contributed by atoms with E-state index in [1.54, 1.807) is 0 Å². The summed E-state index contributed by atoms with van der Waals surface area (Å²) < 4.78 is 2.04. The molecule has 0 amide bonds. The van der Waals surface area contributed by atoms with Crippen LogP contribution in [0.4, 0.5) is 0 Å². The van der Waals surface area contributed by atoms with Crippen molar-refractivity contribution in [2.75, 3.05) is 19.6 Å². The zero-order chi connectivity index (χ0) is 12.6. The molecule has 1 unspecified atom stereocenters. The molecule has 2 fully saturated rings. The molecule has 1 saturated heterocycles. The molecule has 1 atom stereocenters. The average molecular weight is 248 g/mol. The van der Waals surface area contributed by atoms with E-state index in [0.717, 1.165) is 38.1 Å². The third-order valence-corrected chi connectivity index (χ3v) is 4.20. The minimum atomic E-state index is 0.246. The van der Waals surface area contributed by atoms with E-state index in [0.29, 0.717) is 0 Å². The predicted octanol–water partition coefficient (Wildman–Crippen LogP) is 1.35. The number of hydrogen-bond donors (Lipinski definition) is 1. The quantitative estimate of drug-likeness (QED) is 0.873. The van der Waals surface area contributed by atoms with Crippen LogP contribution in [0.25, 0.3) is 0 Å². The molecule has 2 heterocycles. The molecule has 1 saturated carbocycles. The second-order valence-corrected chi connectivity index (χ2v) is 6.41. The first-order valence-electron chi connectivity index (χ1n) is 7.11. The molecule has 3 rings (SSSR count). The Morgan fingerprint density at radius 3 is 2.83 bits per heavy atom. The van der Waals surface area contributed by atoms with Gasteiger partial charge in [-0.05, 0) is 38.7 Å². The molecule has 0 spiro atoms. The van der Waals surface area contributed by atoms with E-state index in [1.807, 2.05) is 16.9 Å². The van der Waals surface area contributed by atoms with Crippen LogP contribution in [0.15, 0.2) is 18.5 Å². The maximum atomic E-state index is 4.30. The summed E-state index contributed by atoms with van der Waals surface area (Å²) in [7, 11) is 0. The van der Waals surface area contributed by atoms with Gasteiger partial charge in [0.25, 0.3) is 0 Å². The van der Waals surface area contributed by atoms with Crippen molar-refractivity contribution in [1.82, 2.24) is 20.0 Å². The first-order valence-corrected chi connectivity index (χ1v) is 7.11. The summed E-state index contributed by atoms with van der Waals surface area (Å²) >= 11 is 0. The van der Waals surface area contributed by atoms with Crippen molar-refractivity contribution < 1.29 is 0 Å². The van der Waals surface area contributed by atoms with Crippen molar-refractivity contribution in [3.05, 3.63) is 18.5 Å². The molecule has 100 valence electrons. The van der Waals surface area contributed by atoms with Crippen molar-refractivity contribution in [3.8, 4) is 0 Å².